The minimum Gasteiger partial charge on any atom is -0.298 e. The molecule has 0 amide bonds. The lowest BCUT2D eigenvalue weighted by molar-refractivity contribution is 0.994. The summed E-state index contributed by atoms with van der Waals surface area (Å²) in [6, 6.07) is 13.9. The Bertz CT molecular complexity index is 671. The number of nitrogens with zero attached hydrogens (tertiary/aromatic N) is 2. The first kappa shape index (κ1) is 10.4. The Labute approximate surface area is 104 Å². The molecule has 0 aliphatic heterocycles. The molecule has 0 atom stereocenters. The molecule has 0 unspecified atom stereocenters. The van der Waals surface area contributed by atoms with Crippen molar-refractivity contribution in [1.29, 1.82) is 0 Å². The van der Waals surface area contributed by atoms with Crippen LogP contribution in [0.5, 0.6) is 0 Å². The van der Waals surface area contributed by atoms with Crippen molar-refractivity contribution in [3.05, 3.63) is 59.4 Å². The molecule has 0 N–H and O–H groups in total. The lowest BCUT2D eigenvalue weighted by atomic mass is 10.2. The van der Waals surface area contributed by atoms with E-state index in [1.54, 1.807) is 6.20 Å². The van der Waals surface area contributed by atoms with Gasteiger partial charge in [0.1, 0.15) is 5.82 Å². The minimum atomic E-state index is 0.760. The van der Waals surface area contributed by atoms with Crippen LogP contribution < -0.4 is 0 Å². The number of fused-ring (bicyclic) bond motifs is 1. The molecular weight excluding hydrogens is 232 g/mol. The van der Waals surface area contributed by atoms with E-state index in [0.29, 0.717) is 0 Å². The van der Waals surface area contributed by atoms with Crippen LogP contribution >= 0.6 is 11.6 Å². The molecule has 0 bridgehead atoms. The SMILES string of the molecule is Cc1cc2cc(Cl)ccc2n1-c1ccccn1. The predicted octanol–water partition coefficient (Wildman–Crippen LogP) is 3.99. The van der Waals surface area contributed by atoms with Gasteiger partial charge in [-0.05, 0) is 43.3 Å². The van der Waals surface area contributed by atoms with Crippen molar-refractivity contribution in [2.45, 2.75) is 6.92 Å². The van der Waals surface area contributed by atoms with E-state index in [9.17, 15) is 0 Å². The van der Waals surface area contributed by atoms with Crippen molar-refractivity contribution in [2.75, 3.05) is 0 Å². The topological polar surface area (TPSA) is 17.8 Å². The molecule has 0 saturated carbocycles. The van der Waals surface area contributed by atoms with Gasteiger partial charge < -0.3 is 0 Å². The van der Waals surface area contributed by atoms with Crippen molar-refractivity contribution in [1.82, 2.24) is 9.55 Å². The van der Waals surface area contributed by atoms with E-state index in [1.165, 1.54) is 0 Å². The van der Waals surface area contributed by atoms with Crippen LogP contribution in [0.2, 0.25) is 5.02 Å². The van der Waals surface area contributed by atoms with Gasteiger partial charge in [0.05, 0.1) is 5.52 Å². The second-order valence-electron chi connectivity index (χ2n) is 4.01. The summed E-state index contributed by atoms with van der Waals surface area (Å²) in [6.45, 7) is 2.07. The van der Waals surface area contributed by atoms with E-state index >= 15 is 0 Å². The molecule has 2 aromatic heterocycles. The monoisotopic (exact) mass is 242 g/mol. The number of hydrogen-bond acceptors (Lipinski definition) is 1. The summed E-state index contributed by atoms with van der Waals surface area (Å²) < 4.78 is 2.13. The van der Waals surface area contributed by atoms with Crippen LogP contribution in [-0.4, -0.2) is 9.55 Å². The molecule has 1 aromatic carbocycles. The molecule has 3 heteroatoms. The molecule has 2 heterocycles. The zero-order valence-electron chi connectivity index (χ0n) is 9.39. The average molecular weight is 243 g/mol. The van der Waals surface area contributed by atoms with Crippen LogP contribution in [0.4, 0.5) is 0 Å². The summed E-state index contributed by atoms with van der Waals surface area (Å²) in [5.41, 5.74) is 2.28. The van der Waals surface area contributed by atoms with E-state index < -0.39 is 0 Å². The van der Waals surface area contributed by atoms with Crippen LogP contribution in [0.3, 0.4) is 0 Å². The van der Waals surface area contributed by atoms with Crippen LogP contribution in [0, 0.1) is 6.92 Å². The minimum absolute atomic E-state index is 0.760. The highest BCUT2D eigenvalue weighted by Crippen LogP contribution is 2.25. The second-order valence-corrected chi connectivity index (χ2v) is 4.45. The predicted molar refractivity (Wildman–Crippen MR) is 70.8 cm³/mol. The highest BCUT2D eigenvalue weighted by Gasteiger charge is 2.08. The molecule has 3 rings (SSSR count). The number of rotatable bonds is 1. The molecule has 3 aromatic rings. The van der Waals surface area contributed by atoms with Crippen LogP contribution in [0.25, 0.3) is 16.7 Å². The van der Waals surface area contributed by atoms with Gasteiger partial charge in [0, 0.05) is 22.3 Å². The summed E-state index contributed by atoms with van der Waals surface area (Å²) in [7, 11) is 0. The standard InChI is InChI=1S/C14H11ClN2/c1-10-8-11-9-12(15)5-6-13(11)17(10)14-4-2-3-7-16-14/h2-9H,1H3. The van der Waals surface area contributed by atoms with Crippen molar-refractivity contribution < 1.29 is 0 Å². The molecule has 17 heavy (non-hydrogen) atoms. The van der Waals surface area contributed by atoms with Gasteiger partial charge >= 0.3 is 0 Å². The number of hydrogen-bond donors (Lipinski definition) is 0. The Kier molecular flexibility index (Phi) is 2.37. The fraction of sp³-hybridized carbons (Fsp3) is 0.0714. The summed E-state index contributed by atoms with van der Waals surface area (Å²) >= 11 is 6.00. The van der Waals surface area contributed by atoms with Crippen molar-refractivity contribution in [2.24, 2.45) is 0 Å². The van der Waals surface area contributed by atoms with Crippen molar-refractivity contribution in [3.63, 3.8) is 0 Å². The Morgan fingerprint density at radius 1 is 1.12 bits per heavy atom. The zero-order valence-corrected chi connectivity index (χ0v) is 10.1. The molecular formula is C14H11ClN2. The van der Waals surface area contributed by atoms with Gasteiger partial charge in [-0.15, -0.1) is 0 Å². The third-order valence-electron chi connectivity index (χ3n) is 2.83. The maximum absolute atomic E-state index is 6.00. The lowest BCUT2D eigenvalue weighted by Gasteiger charge is -2.06. The van der Waals surface area contributed by atoms with Crippen LogP contribution in [0.15, 0.2) is 48.7 Å². The molecule has 0 saturated heterocycles. The van der Waals surface area contributed by atoms with Gasteiger partial charge in [0.15, 0.2) is 0 Å². The van der Waals surface area contributed by atoms with Crippen molar-refractivity contribution in [3.8, 4) is 5.82 Å². The third-order valence-corrected chi connectivity index (χ3v) is 3.06. The summed E-state index contributed by atoms with van der Waals surface area (Å²) in [5.74, 6) is 0.933. The van der Waals surface area contributed by atoms with Gasteiger partial charge in [-0.1, -0.05) is 17.7 Å². The molecule has 0 aliphatic carbocycles. The first-order valence-corrected chi connectivity index (χ1v) is 5.82. The largest absolute Gasteiger partial charge is 0.298 e. The fourth-order valence-corrected chi connectivity index (χ4v) is 2.29. The van der Waals surface area contributed by atoms with E-state index in [4.69, 9.17) is 11.6 Å². The van der Waals surface area contributed by atoms with Gasteiger partial charge in [0.25, 0.3) is 0 Å². The third kappa shape index (κ3) is 1.71. The molecule has 0 radical (unpaired) electrons. The smallest absolute Gasteiger partial charge is 0.137 e. The number of aryl methyl sites for hydroxylation is 1. The van der Waals surface area contributed by atoms with E-state index in [2.05, 4.69) is 22.5 Å². The average Bonchev–Trinajstić information content (AvgIpc) is 2.65. The fourth-order valence-electron chi connectivity index (χ4n) is 2.11. The Morgan fingerprint density at radius 3 is 2.76 bits per heavy atom. The molecule has 0 aliphatic rings. The normalized spacial score (nSPS) is 10.9. The van der Waals surface area contributed by atoms with Crippen LogP contribution in [-0.2, 0) is 0 Å². The first-order chi connectivity index (χ1) is 8.25. The summed E-state index contributed by atoms with van der Waals surface area (Å²) in [4.78, 5) is 4.38. The molecule has 2 nitrogen and oxygen atoms in total. The van der Waals surface area contributed by atoms with E-state index in [1.807, 2.05) is 36.4 Å². The maximum Gasteiger partial charge on any atom is 0.137 e. The summed E-state index contributed by atoms with van der Waals surface area (Å²) in [6.07, 6.45) is 1.80. The van der Waals surface area contributed by atoms with E-state index in [-0.39, 0.29) is 0 Å². The number of benzene rings is 1. The van der Waals surface area contributed by atoms with Crippen molar-refractivity contribution >= 4 is 22.5 Å². The zero-order chi connectivity index (χ0) is 11.8. The number of halogens is 1. The Hall–Kier alpha value is -1.80. The van der Waals surface area contributed by atoms with Gasteiger partial charge in [-0.25, -0.2) is 4.98 Å². The molecule has 84 valence electrons. The molecule has 0 fully saturated rings. The lowest BCUT2D eigenvalue weighted by Crippen LogP contribution is -1.98. The Morgan fingerprint density at radius 2 is 2.00 bits per heavy atom. The van der Waals surface area contributed by atoms with Gasteiger partial charge in [-0.3, -0.25) is 4.57 Å². The van der Waals surface area contributed by atoms with Gasteiger partial charge in [0.2, 0.25) is 0 Å². The maximum atomic E-state index is 6.00. The number of pyridine rings is 1. The summed E-state index contributed by atoms with van der Waals surface area (Å²) in [5, 5.41) is 1.90. The second kappa shape index (κ2) is 3.90. The number of aromatic nitrogens is 2. The highest BCUT2D eigenvalue weighted by atomic mass is 35.5. The molecule has 0 spiro atoms. The van der Waals surface area contributed by atoms with Gasteiger partial charge in [-0.2, -0.15) is 0 Å². The first-order valence-electron chi connectivity index (χ1n) is 5.45. The van der Waals surface area contributed by atoms with Crippen LogP contribution in [0.1, 0.15) is 5.69 Å². The quantitative estimate of drug-likeness (QED) is 0.631. The van der Waals surface area contributed by atoms with E-state index in [0.717, 1.165) is 27.4 Å². The Balaban J connectivity index is 2.33. The highest BCUT2D eigenvalue weighted by molar-refractivity contribution is 6.31.